The van der Waals surface area contributed by atoms with E-state index in [-0.39, 0.29) is 12.2 Å². The van der Waals surface area contributed by atoms with Crippen molar-refractivity contribution in [1.82, 2.24) is 5.32 Å². The van der Waals surface area contributed by atoms with Crippen molar-refractivity contribution in [2.24, 2.45) is 5.73 Å². The molecule has 1 atom stereocenters. The third-order valence-electron chi connectivity index (χ3n) is 1.55. The van der Waals surface area contributed by atoms with Crippen molar-refractivity contribution in [3.8, 4) is 0 Å². The van der Waals surface area contributed by atoms with E-state index in [1.165, 1.54) is 0 Å². The number of carboxylic acid groups (broad SMARTS) is 1. The first-order chi connectivity index (χ1) is 6.72. The van der Waals surface area contributed by atoms with Gasteiger partial charge in [0.2, 0.25) is 5.91 Å². The van der Waals surface area contributed by atoms with Gasteiger partial charge >= 0.3 is 5.97 Å². The maximum Gasteiger partial charge on any atom is 0.322 e. The number of hydrogen-bond donors (Lipinski definition) is 3. The summed E-state index contributed by atoms with van der Waals surface area (Å²) in [6.45, 7) is -0.522. The quantitative estimate of drug-likeness (QED) is 0.489. The summed E-state index contributed by atoms with van der Waals surface area (Å²) in [6, 6.07) is -1.00. The molecule has 7 nitrogen and oxygen atoms in total. The van der Waals surface area contributed by atoms with E-state index in [0.717, 1.165) is 6.26 Å². The zero-order valence-electron chi connectivity index (χ0n) is 8.26. The van der Waals surface area contributed by atoms with Crippen LogP contribution in [0.25, 0.3) is 0 Å². The van der Waals surface area contributed by atoms with E-state index in [1.807, 2.05) is 0 Å². The molecule has 0 aliphatic rings. The van der Waals surface area contributed by atoms with E-state index in [2.05, 4.69) is 5.32 Å². The summed E-state index contributed by atoms with van der Waals surface area (Å²) in [4.78, 5) is 21.2. The van der Waals surface area contributed by atoms with Gasteiger partial charge in [-0.15, -0.1) is 0 Å². The Hall–Kier alpha value is -1.15. The topological polar surface area (TPSA) is 127 Å². The van der Waals surface area contributed by atoms with Crippen molar-refractivity contribution >= 4 is 21.7 Å². The van der Waals surface area contributed by atoms with E-state index in [9.17, 15) is 18.0 Å². The van der Waals surface area contributed by atoms with Crippen molar-refractivity contribution in [3.63, 3.8) is 0 Å². The van der Waals surface area contributed by atoms with Gasteiger partial charge < -0.3 is 16.2 Å². The first kappa shape index (κ1) is 13.8. The highest BCUT2D eigenvalue weighted by Gasteiger charge is 2.16. The smallest absolute Gasteiger partial charge is 0.322 e. The third kappa shape index (κ3) is 7.89. The molecule has 0 fully saturated rings. The highest BCUT2D eigenvalue weighted by Crippen LogP contribution is 1.93. The van der Waals surface area contributed by atoms with E-state index < -0.39 is 34.3 Å². The SMILES string of the molecule is CS(=O)(=O)CCC(N)C(=O)NCC(=O)O. The summed E-state index contributed by atoms with van der Waals surface area (Å²) in [5, 5.41) is 10.3. The molecule has 88 valence electrons. The molecule has 0 aromatic carbocycles. The van der Waals surface area contributed by atoms with Crippen LogP contribution in [0, 0.1) is 0 Å². The van der Waals surface area contributed by atoms with Crippen LogP contribution in [-0.2, 0) is 19.4 Å². The van der Waals surface area contributed by atoms with Gasteiger partial charge in [-0.2, -0.15) is 0 Å². The molecule has 8 heteroatoms. The number of aliphatic carboxylic acids is 1. The van der Waals surface area contributed by atoms with Crippen LogP contribution in [0.3, 0.4) is 0 Å². The monoisotopic (exact) mass is 238 g/mol. The number of carbonyl (C=O) groups is 2. The lowest BCUT2D eigenvalue weighted by Crippen LogP contribution is -2.43. The second-order valence-electron chi connectivity index (χ2n) is 3.14. The molecule has 1 unspecified atom stereocenters. The molecule has 0 aliphatic heterocycles. The summed E-state index contributed by atoms with van der Waals surface area (Å²) in [5.74, 6) is -2.05. The molecule has 0 heterocycles. The number of hydrogen-bond acceptors (Lipinski definition) is 5. The van der Waals surface area contributed by atoms with Gasteiger partial charge in [0.15, 0.2) is 0 Å². The number of carbonyl (C=O) groups excluding carboxylic acids is 1. The fourth-order valence-electron chi connectivity index (χ4n) is 0.766. The number of sulfone groups is 1. The standard InChI is InChI=1S/C7H14N2O5S/c1-15(13,14)3-2-5(8)7(12)9-4-6(10)11/h5H,2-4,8H2,1H3,(H,9,12)(H,10,11). The van der Waals surface area contributed by atoms with Crippen molar-refractivity contribution < 1.29 is 23.1 Å². The first-order valence-corrected chi connectivity index (χ1v) is 6.21. The molecule has 15 heavy (non-hydrogen) atoms. The van der Waals surface area contributed by atoms with Gasteiger partial charge in [0.1, 0.15) is 16.4 Å². The van der Waals surface area contributed by atoms with Gasteiger partial charge in [-0.3, -0.25) is 9.59 Å². The summed E-state index contributed by atoms with van der Waals surface area (Å²) < 4.78 is 21.5. The van der Waals surface area contributed by atoms with Gasteiger partial charge in [0.25, 0.3) is 0 Å². The van der Waals surface area contributed by atoms with Gasteiger partial charge in [0, 0.05) is 6.26 Å². The van der Waals surface area contributed by atoms with Crippen LogP contribution >= 0.6 is 0 Å². The van der Waals surface area contributed by atoms with Crippen molar-refractivity contribution in [3.05, 3.63) is 0 Å². The molecule has 0 aromatic heterocycles. The first-order valence-electron chi connectivity index (χ1n) is 4.15. The Balaban J connectivity index is 3.95. The highest BCUT2D eigenvalue weighted by molar-refractivity contribution is 7.90. The van der Waals surface area contributed by atoms with E-state index in [4.69, 9.17) is 10.8 Å². The second kappa shape index (κ2) is 5.66. The number of rotatable bonds is 6. The maximum atomic E-state index is 11.1. The van der Waals surface area contributed by atoms with E-state index in [1.54, 1.807) is 0 Å². The van der Waals surface area contributed by atoms with Crippen LogP contribution in [0.2, 0.25) is 0 Å². The molecule has 0 radical (unpaired) electrons. The van der Waals surface area contributed by atoms with Gasteiger partial charge in [-0.25, -0.2) is 8.42 Å². The molecule has 0 bridgehead atoms. The van der Waals surface area contributed by atoms with Crippen molar-refractivity contribution in [1.29, 1.82) is 0 Å². The normalized spacial score (nSPS) is 13.2. The minimum atomic E-state index is -3.16. The molecule has 0 rings (SSSR count). The average molecular weight is 238 g/mol. The van der Waals surface area contributed by atoms with Gasteiger partial charge in [0.05, 0.1) is 11.8 Å². The van der Waals surface area contributed by atoms with Gasteiger partial charge in [-0.05, 0) is 6.42 Å². The number of amides is 1. The van der Waals surface area contributed by atoms with Crippen molar-refractivity contribution in [2.45, 2.75) is 12.5 Å². The molecule has 1 amide bonds. The van der Waals surface area contributed by atoms with Crippen LogP contribution in [0.15, 0.2) is 0 Å². The van der Waals surface area contributed by atoms with Gasteiger partial charge in [-0.1, -0.05) is 0 Å². The predicted octanol–water partition coefficient (Wildman–Crippen LogP) is -2.05. The Morgan fingerprint density at radius 1 is 1.47 bits per heavy atom. The van der Waals surface area contributed by atoms with E-state index >= 15 is 0 Å². The summed E-state index contributed by atoms with van der Waals surface area (Å²) in [7, 11) is -3.16. The molecular weight excluding hydrogens is 224 g/mol. The Bertz CT molecular complexity index is 337. The van der Waals surface area contributed by atoms with Crippen LogP contribution in [0.1, 0.15) is 6.42 Å². The molecule has 0 saturated carbocycles. The Morgan fingerprint density at radius 3 is 2.40 bits per heavy atom. The Morgan fingerprint density at radius 2 is 2.00 bits per heavy atom. The molecule has 0 spiro atoms. The summed E-state index contributed by atoms with van der Waals surface area (Å²) in [6.07, 6.45) is 1.01. The molecule has 0 saturated heterocycles. The Kier molecular flexibility index (Phi) is 5.23. The lowest BCUT2D eigenvalue weighted by Gasteiger charge is -2.09. The second-order valence-corrected chi connectivity index (χ2v) is 5.40. The molecule has 0 aromatic rings. The predicted molar refractivity (Wildman–Crippen MR) is 52.9 cm³/mol. The van der Waals surface area contributed by atoms with Crippen LogP contribution in [0.4, 0.5) is 0 Å². The fraction of sp³-hybridized carbons (Fsp3) is 0.714. The zero-order chi connectivity index (χ0) is 12.1. The molecule has 0 aliphatic carbocycles. The maximum absolute atomic E-state index is 11.1. The van der Waals surface area contributed by atoms with E-state index in [0.29, 0.717) is 0 Å². The van der Waals surface area contributed by atoms with Crippen LogP contribution in [0.5, 0.6) is 0 Å². The van der Waals surface area contributed by atoms with Crippen LogP contribution in [-0.4, -0.2) is 50.0 Å². The third-order valence-corrected chi connectivity index (χ3v) is 2.53. The summed E-state index contributed by atoms with van der Waals surface area (Å²) in [5.41, 5.74) is 5.34. The van der Waals surface area contributed by atoms with Crippen molar-refractivity contribution in [2.75, 3.05) is 18.6 Å². The largest absolute Gasteiger partial charge is 0.480 e. The average Bonchev–Trinajstić information content (AvgIpc) is 2.08. The number of nitrogens with one attached hydrogen (secondary N) is 1. The minimum Gasteiger partial charge on any atom is -0.480 e. The molecule has 4 N–H and O–H groups in total. The lowest BCUT2D eigenvalue weighted by molar-refractivity contribution is -0.138. The highest BCUT2D eigenvalue weighted by atomic mass is 32.2. The number of carboxylic acids is 1. The zero-order valence-corrected chi connectivity index (χ0v) is 9.08. The molecular formula is C7H14N2O5S. The summed E-state index contributed by atoms with van der Waals surface area (Å²) >= 11 is 0. The fourth-order valence-corrected chi connectivity index (χ4v) is 1.45. The number of nitrogens with two attached hydrogens (primary N) is 1. The Labute approximate surface area is 87.6 Å². The lowest BCUT2D eigenvalue weighted by atomic mass is 10.2. The minimum absolute atomic E-state index is 0.0235. The van der Waals surface area contributed by atoms with Crippen LogP contribution < -0.4 is 11.1 Å².